The van der Waals surface area contributed by atoms with Crippen molar-refractivity contribution in [1.82, 2.24) is 0 Å². The van der Waals surface area contributed by atoms with Crippen LogP contribution in [0, 0.1) is 0 Å². The minimum atomic E-state index is 0.0949. The maximum atomic E-state index is 11.9. The minimum absolute atomic E-state index is 0.0949. The summed E-state index contributed by atoms with van der Waals surface area (Å²) < 4.78 is 1.11. The van der Waals surface area contributed by atoms with Gasteiger partial charge in [-0.05, 0) is 11.5 Å². The molecule has 0 spiro atoms. The number of allylic oxidation sites excluding steroid dienone is 1. The standard InChI is InChI=1S/C13H16OS2/c1-3-15-13(16-4-2)10-12(14)11-8-6-5-7-9-11/h5-10H,3-4H2,1-2H3. The summed E-state index contributed by atoms with van der Waals surface area (Å²) in [5.41, 5.74) is 0.758. The summed E-state index contributed by atoms with van der Waals surface area (Å²) in [6, 6.07) is 9.40. The van der Waals surface area contributed by atoms with Crippen molar-refractivity contribution < 1.29 is 4.79 Å². The van der Waals surface area contributed by atoms with E-state index < -0.39 is 0 Å². The van der Waals surface area contributed by atoms with E-state index in [0.29, 0.717) is 0 Å². The third-order valence-corrected chi connectivity index (χ3v) is 3.97. The van der Waals surface area contributed by atoms with Crippen molar-refractivity contribution >= 4 is 29.3 Å². The Morgan fingerprint density at radius 2 is 1.69 bits per heavy atom. The van der Waals surface area contributed by atoms with Gasteiger partial charge >= 0.3 is 0 Å². The highest BCUT2D eigenvalue weighted by atomic mass is 32.2. The first kappa shape index (κ1) is 13.4. The topological polar surface area (TPSA) is 17.1 Å². The molecule has 0 atom stereocenters. The molecule has 0 saturated carbocycles. The van der Waals surface area contributed by atoms with Gasteiger partial charge in [0.25, 0.3) is 0 Å². The number of carbonyl (C=O) groups is 1. The van der Waals surface area contributed by atoms with Gasteiger partial charge in [-0.15, -0.1) is 23.5 Å². The maximum absolute atomic E-state index is 11.9. The van der Waals surface area contributed by atoms with E-state index in [0.717, 1.165) is 21.3 Å². The molecule has 1 aromatic rings. The van der Waals surface area contributed by atoms with Gasteiger partial charge in [-0.2, -0.15) is 0 Å². The van der Waals surface area contributed by atoms with E-state index in [2.05, 4.69) is 13.8 Å². The van der Waals surface area contributed by atoms with Gasteiger partial charge in [0.05, 0.1) is 0 Å². The number of rotatable bonds is 6. The van der Waals surface area contributed by atoms with Crippen LogP contribution in [-0.2, 0) is 0 Å². The van der Waals surface area contributed by atoms with Crippen LogP contribution in [0.25, 0.3) is 0 Å². The molecule has 16 heavy (non-hydrogen) atoms. The van der Waals surface area contributed by atoms with Crippen molar-refractivity contribution in [3.63, 3.8) is 0 Å². The van der Waals surface area contributed by atoms with Gasteiger partial charge in [0.1, 0.15) is 0 Å². The molecule has 0 aliphatic heterocycles. The molecule has 0 amide bonds. The monoisotopic (exact) mass is 252 g/mol. The summed E-state index contributed by atoms with van der Waals surface area (Å²) in [6.07, 6.45) is 1.75. The first-order chi connectivity index (χ1) is 7.77. The second-order valence-electron chi connectivity index (χ2n) is 3.06. The van der Waals surface area contributed by atoms with E-state index >= 15 is 0 Å². The van der Waals surface area contributed by atoms with Gasteiger partial charge in [-0.3, -0.25) is 4.79 Å². The molecule has 0 fully saturated rings. The first-order valence-corrected chi connectivity index (χ1v) is 7.31. The van der Waals surface area contributed by atoms with E-state index in [9.17, 15) is 4.79 Å². The smallest absolute Gasteiger partial charge is 0.187 e. The lowest BCUT2D eigenvalue weighted by atomic mass is 10.1. The zero-order valence-corrected chi connectivity index (χ0v) is 11.2. The molecule has 0 heterocycles. The largest absolute Gasteiger partial charge is 0.289 e. The number of thioether (sulfide) groups is 2. The Hall–Kier alpha value is -0.670. The van der Waals surface area contributed by atoms with E-state index in [1.807, 2.05) is 30.3 Å². The lowest BCUT2D eigenvalue weighted by molar-refractivity contribution is 0.104. The summed E-state index contributed by atoms with van der Waals surface area (Å²) in [5, 5.41) is 0. The van der Waals surface area contributed by atoms with Gasteiger partial charge in [0, 0.05) is 15.9 Å². The van der Waals surface area contributed by atoms with Crippen molar-refractivity contribution in [1.29, 1.82) is 0 Å². The van der Waals surface area contributed by atoms with Gasteiger partial charge in [-0.25, -0.2) is 0 Å². The first-order valence-electron chi connectivity index (χ1n) is 5.34. The Balaban J connectivity index is 2.76. The molecule has 1 aromatic carbocycles. The third kappa shape index (κ3) is 4.45. The third-order valence-electron chi connectivity index (χ3n) is 1.88. The van der Waals surface area contributed by atoms with Gasteiger partial charge in [-0.1, -0.05) is 44.2 Å². The molecule has 0 unspecified atom stereocenters. The van der Waals surface area contributed by atoms with Crippen LogP contribution in [0.5, 0.6) is 0 Å². The fraction of sp³-hybridized carbons (Fsp3) is 0.308. The molecule has 0 N–H and O–H groups in total. The average Bonchev–Trinajstić information content (AvgIpc) is 2.31. The Morgan fingerprint density at radius 1 is 1.12 bits per heavy atom. The Bertz CT molecular complexity index is 349. The molecule has 3 heteroatoms. The van der Waals surface area contributed by atoms with Crippen LogP contribution in [0.15, 0.2) is 40.6 Å². The molecule has 86 valence electrons. The van der Waals surface area contributed by atoms with Gasteiger partial charge < -0.3 is 0 Å². The zero-order chi connectivity index (χ0) is 11.8. The lowest BCUT2D eigenvalue weighted by Crippen LogP contribution is -1.94. The summed E-state index contributed by atoms with van der Waals surface area (Å²) in [5.74, 6) is 2.10. The summed E-state index contributed by atoms with van der Waals surface area (Å²) >= 11 is 3.45. The quantitative estimate of drug-likeness (QED) is 0.557. The zero-order valence-electron chi connectivity index (χ0n) is 9.60. The van der Waals surface area contributed by atoms with Crippen LogP contribution >= 0.6 is 23.5 Å². The van der Waals surface area contributed by atoms with Crippen molar-refractivity contribution in [2.24, 2.45) is 0 Å². The highest BCUT2D eigenvalue weighted by molar-refractivity contribution is 8.22. The Kier molecular flexibility index (Phi) is 6.34. The van der Waals surface area contributed by atoms with Crippen molar-refractivity contribution in [3.05, 3.63) is 46.2 Å². The predicted octanol–water partition coefficient (Wildman–Crippen LogP) is 4.22. The maximum Gasteiger partial charge on any atom is 0.187 e. The molecule has 1 nitrogen and oxygen atoms in total. The van der Waals surface area contributed by atoms with Gasteiger partial charge in [0.2, 0.25) is 0 Å². The molecule has 0 bridgehead atoms. The number of hydrogen-bond acceptors (Lipinski definition) is 3. The van der Waals surface area contributed by atoms with Crippen LogP contribution < -0.4 is 0 Å². The number of benzene rings is 1. The van der Waals surface area contributed by atoms with E-state index in [-0.39, 0.29) is 5.78 Å². The van der Waals surface area contributed by atoms with Crippen molar-refractivity contribution in [2.75, 3.05) is 11.5 Å². The van der Waals surface area contributed by atoms with Crippen molar-refractivity contribution in [3.8, 4) is 0 Å². The second-order valence-corrected chi connectivity index (χ2v) is 5.93. The summed E-state index contributed by atoms with van der Waals surface area (Å²) in [7, 11) is 0. The average molecular weight is 252 g/mol. The Morgan fingerprint density at radius 3 is 2.19 bits per heavy atom. The number of carbonyl (C=O) groups excluding carboxylic acids is 1. The molecule has 0 radical (unpaired) electrons. The van der Waals surface area contributed by atoms with Crippen molar-refractivity contribution in [2.45, 2.75) is 13.8 Å². The van der Waals surface area contributed by atoms with Crippen LogP contribution in [0.2, 0.25) is 0 Å². The molecule has 1 rings (SSSR count). The van der Waals surface area contributed by atoms with Crippen LogP contribution in [-0.4, -0.2) is 17.3 Å². The second kappa shape index (κ2) is 7.58. The molecule has 0 saturated heterocycles. The molecular formula is C13H16OS2. The fourth-order valence-corrected chi connectivity index (χ4v) is 3.19. The molecule has 0 aliphatic carbocycles. The molecule has 0 aromatic heterocycles. The Labute approximate surface area is 106 Å². The molecule has 0 aliphatic rings. The summed E-state index contributed by atoms with van der Waals surface area (Å²) in [4.78, 5) is 11.9. The highest BCUT2D eigenvalue weighted by Gasteiger charge is 2.04. The van der Waals surface area contributed by atoms with E-state index in [1.54, 1.807) is 29.6 Å². The van der Waals surface area contributed by atoms with Crippen LogP contribution in [0.3, 0.4) is 0 Å². The van der Waals surface area contributed by atoms with E-state index in [1.165, 1.54) is 0 Å². The highest BCUT2D eigenvalue weighted by Crippen LogP contribution is 2.28. The van der Waals surface area contributed by atoms with Gasteiger partial charge in [0.15, 0.2) is 5.78 Å². The fourth-order valence-electron chi connectivity index (χ4n) is 1.20. The van der Waals surface area contributed by atoms with Crippen LogP contribution in [0.1, 0.15) is 24.2 Å². The summed E-state index contributed by atoms with van der Waals surface area (Å²) in [6.45, 7) is 4.20. The van der Waals surface area contributed by atoms with E-state index in [4.69, 9.17) is 0 Å². The SMILES string of the molecule is CCSC(=CC(=O)c1ccccc1)SCC. The number of ketones is 1. The number of hydrogen-bond donors (Lipinski definition) is 0. The van der Waals surface area contributed by atoms with Crippen LogP contribution in [0.4, 0.5) is 0 Å². The lowest BCUT2D eigenvalue weighted by Gasteiger charge is -2.03. The molecular weight excluding hydrogens is 236 g/mol. The normalized spacial score (nSPS) is 9.88. The minimum Gasteiger partial charge on any atom is -0.289 e. The predicted molar refractivity (Wildman–Crippen MR) is 75.1 cm³/mol.